The average molecular weight is 210 g/mol. The number of hydrogen-bond acceptors (Lipinski definition) is 5. The van der Waals surface area contributed by atoms with Crippen molar-refractivity contribution in [3.05, 3.63) is 27.4 Å². The standard InChI is InChI=1S/C9H14N4O2/c1-6-5-8(11)12-7(3-2-4-10)9(6)13(14)15/h5H,2-4,10H2,1H3,(H2,11,12). The molecule has 1 rings (SSSR count). The summed E-state index contributed by atoms with van der Waals surface area (Å²) in [6, 6.07) is 1.50. The SMILES string of the molecule is Cc1cc(N)nc(CCCN)c1[N+](=O)[O-]. The number of hydrogen-bond donors (Lipinski definition) is 2. The highest BCUT2D eigenvalue weighted by Crippen LogP contribution is 2.24. The lowest BCUT2D eigenvalue weighted by atomic mass is 10.1. The highest BCUT2D eigenvalue weighted by atomic mass is 16.6. The van der Waals surface area contributed by atoms with Crippen LogP contribution in [0.2, 0.25) is 0 Å². The molecule has 0 spiro atoms. The summed E-state index contributed by atoms with van der Waals surface area (Å²) in [6.45, 7) is 2.13. The van der Waals surface area contributed by atoms with Gasteiger partial charge in [0.25, 0.3) is 5.69 Å². The minimum absolute atomic E-state index is 0.0534. The summed E-state index contributed by atoms with van der Waals surface area (Å²) in [7, 11) is 0. The number of aryl methyl sites for hydroxylation is 2. The average Bonchev–Trinajstić information content (AvgIpc) is 2.12. The van der Waals surface area contributed by atoms with Crippen molar-refractivity contribution in [1.82, 2.24) is 4.98 Å². The van der Waals surface area contributed by atoms with Crippen LogP contribution in [0.15, 0.2) is 6.07 Å². The van der Waals surface area contributed by atoms with E-state index < -0.39 is 4.92 Å². The normalized spacial score (nSPS) is 10.3. The molecule has 0 fully saturated rings. The van der Waals surface area contributed by atoms with Gasteiger partial charge in [0.05, 0.1) is 4.92 Å². The largest absolute Gasteiger partial charge is 0.384 e. The molecule has 6 nitrogen and oxygen atoms in total. The summed E-state index contributed by atoms with van der Waals surface area (Å²) in [5.41, 5.74) is 11.9. The molecule has 0 radical (unpaired) electrons. The van der Waals surface area contributed by atoms with Crippen LogP contribution in [0.3, 0.4) is 0 Å². The van der Waals surface area contributed by atoms with Gasteiger partial charge in [-0.3, -0.25) is 10.1 Å². The molecule has 0 aliphatic carbocycles. The molecule has 0 aliphatic rings. The van der Waals surface area contributed by atoms with E-state index in [1.807, 2.05) is 0 Å². The van der Waals surface area contributed by atoms with Gasteiger partial charge in [0.2, 0.25) is 0 Å². The Hall–Kier alpha value is -1.69. The van der Waals surface area contributed by atoms with E-state index in [2.05, 4.69) is 4.98 Å². The molecule has 0 aromatic carbocycles. The lowest BCUT2D eigenvalue weighted by Gasteiger charge is -2.05. The van der Waals surface area contributed by atoms with Crippen molar-refractivity contribution in [2.45, 2.75) is 19.8 Å². The van der Waals surface area contributed by atoms with Gasteiger partial charge in [-0.15, -0.1) is 0 Å². The first-order valence-corrected chi connectivity index (χ1v) is 4.66. The van der Waals surface area contributed by atoms with Gasteiger partial charge in [0.1, 0.15) is 11.5 Å². The second kappa shape index (κ2) is 4.70. The van der Waals surface area contributed by atoms with E-state index in [0.29, 0.717) is 36.5 Å². The summed E-state index contributed by atoms with van der Waals surface area (Å²) in [6.07, 6.45) is 1.15. The lowest BCUT2D eigenvalue weighted by molar-refractivity contribution is -0.386. The van der Waals surface area contributed by atoms with Crippen LogP contribution in [0.5, 0.6) is 0 Å². The highest BCUT2D eigenvalue weighted by molar-refractivity contribution is 5.49. The second-order valence-corrected chi connectivity index (χ2v) is 3.31. The Morgan fingerprint density at radius 1 is 1.60 bits per heavy atom. The van der Waals surface area contributed by atoms with E-state index in [1.54, 1.807) is 6.92 Å². The Morgan fingerprint density at radius 3 is 2.80 bits per heavy atom. The molecule has 0 saturated carbocycles. The minimum Gasteiger partial charge on any atom is -0.384 e. The van der Waals surface area contributed by atoms with Gasteiger partial charge in [0.15, 0.2) is 0 Å². The van der Waals surface area contributed by atoms with Gasteiger partial charge >= 0.3 is 0 Å². The molecular weight excluding hydrogens is 196 g/mol. The van der Waals surface area contributed by atoms with E-state index in [9.17, 15) is 10.1 Å². The van der Waals surface area contributed by atoms with Crippen molar-refractivity contribution in [3.63, 3.8) is 0 Å². The number of nitrogen functional groups attached to an aromatic ring is 1. The first-order valence-electron chi connectivity index (χ1n) is 4.66. The first kappa shape index (κ1) is 11.4. The fraction of sp³-hybridized carbons (Fsp3) is 0.444. The van der Waals surface area contributed by atoms with Gasteiger partial charge in [-0.2, -0.15) is 0 Å². The molecule has 6 heteroatoms. The minimum atomic E-state index is -0.423. The maximum absolute atomic E-state index is 10.8. The predicted molar refractivity (Wildman–Crippen MR) is 57.4 cm³/mol. The summed E-state index contributed by atoms with van der Waals surface area (Å²) < 4.78 is 0. The van der Waals surface area contributed by atoms with Crippen LogP contribution in [0, 0.1) is 17.0 Å². The van der Waals surface area contributed by atoms with Crippen molar-refractivity contribution in [1.29, 1.82) is 0 Å². The summed E-state index contributed by atoms with van der Waals surface area (Å²) in [5, 5.41) is 10.8. The molecule has 4 N–H and O–H groups in total. The predicted octanol–water partition coefficient (Wildman–Crippen LogP) is 0.772. The third kappa shape index (κ3) is 2.63. The van der Waals surface area contributed by atoms with Crippen molar-refractivity contribution >= 4 is 11.5 Å². The van der Waals surface area contributed by atoms with Gasteiger partial charge in [-0.1, -0.05) is 0 Å². The molecule has 82 valence electrons. The van der Waals surface area contributed by atoms with E-state index in [0.717, 1.165) is 0 Å². The van der Waals surface area contributed by atoms with Crippen LogP contribution < -0.4 is 11.5 Å². The zero-order valence-corrected chi connectivity index (χ0v) is 8.56. The molecule has 0 bridgehead atoms. The van der Waals surface area contributed by atoms with Crippen molar-refractivity contribution < 1.29 is 4.92 Å². The Morgan fingerprint density at radius 2 is 2.27 bits per heavy atom. The molecule has 1 aromatic rings. The molecular formula is C9H14N4O2. The van der Waals surface area contributed by atoms with Gasteiger partial charge in [-0.05, 0) is 32.4 Å². The number of nitrogens with two attached hydrogens (primary N) is 2. The maximum atomic E-state index is 10.8. The maximum Gasteiger partial charge on any atom is 0.293 e. The van der Waals surface area contributed by atoms with Crippen molar-refractivity contribution in [3.8, 4) is 0 Å². The van der Waals surface area contributed by atoms with Crippen molar-refractivity contribution in [2.24, 2.45) is 5.73 Å². The van der Waals surface area contributed by atoms with E-state index >= 15 is 0 Å². The highest BCUT2D eigenvalue weighted by Gasteiger charge is 2.18. The summed E-state index contributed by atoms with van der Waals surface area (Å²) in [5.74, 6) is 0.310. The monoisotopic (exact) mass is 210 g/mol. The Bertz CT molecular complexity index is 379. The zero-order chi connectivity index (χ0) is 11.4. The number of anilines is 1. The molecule has 0 atom stereocenters. The third-order valence-electron chi connectivity index (χ3n) is 2.08. The molecule has 0 unspecified atom stereocenters. The van der Waals surface area contributed by atoms with E-state index in [4.69, 9.17) is 11.5 Å². The molecule has 0 saturated heterocycles. The molecule has 0 aliphatic heterocycles. The molecule has 15 heavy (non-hydrogen) atoms. The lowest BCUT2D eigenvalue weighted by Crippen LogP contribution is -2.07. The van der Waals surface area contributed by atoms with Gasteiger partial charge in [0, 0.05) is 5.56 Å². The fourth-order valence-electron chi connectivity index (χ4n) is 1.45. The number of rotatable bonds is 4. The van der Waals surface area contributed by atoms with Crippen molar-refractivity contribution in [2.75, 3.05) is 12.3 Å². The van der Waals surface area contributed by atoms with Crippen LogP contribution in [-0.2, 0) is 6.42 Å². The van der Waals surface area contributed by atoms with E-state index in [-0.39, 0.29) is 5.69 Å². The number of pyridine rings is 1. The number of aromatic nitrogens is 1. The summed E-state index contributed by atoms with van der Waals surface area (Å²) in [4.78, 5) is 14.4. The van der Waals surface area contributed by atoms with E-state index in [1.165, 1.54) is 6.07 Å². The van der Waals surface area contributed by atoms with Crippen LogP contribution in [-0.4, -0.2) is 16.5 Å². The third-order valence-corrected chi connectivity index (χ3v) is 2.08. The van der Waals surface area contributed by atoms with Crippen LogP contribution >= 0.6 is 0 Å². The smallest absolute Gasteiger partial charge is 0.293 e. The van der Waals surface area contributed by atoms with Crippen LogP contribution in [0.4, 0.5) is 11.5 Å². The zero-order valence-electron chi connectivity index (χ0n) is 8.56. The Balaban J connectivity index is 3.14. The van der Waals surface area contributed by atoms with Crippen LogP contribution in [0.25, 0.3) is 0 Å². The number of nitrogens with zero attached hydrogens (tertiary/aromatic N) is 2. The topological polar surface area (TPSA) is 108 Å². The Labute approximate surface area is 87.4 Å². The quantitative estimate of drug-likeness (QED) is 0.563. The molecule has 1 aromatic heterocycles. The summed E-state index contributed by atoms with van der Waals surface area (Å²) >= 11 is 0. The van der Waals surface area contributed by atoms with Gasteiger partial charge in [-0.25, -0.2) is 4.98 Å². The first-order chi connectivity index (χ1) is 7.06. The number of nitro groups is 1. The van der Waals surface area contributed by atoms with Crippen LogP contribution in [0.1, 0.15) is 17.7 Å². The Kier molecular flexibility index (Phi) is 3.56. The molecule has 1 heterocycles. The fourth-order valence-corrected chi connectivity index (χ4v) is 1.45. The van der Waals surface area contributed by atoms with Gasteiger partial charge < -0.3 is 11.5 Å². The second-order valence-electron chi connectivity index (χ2n) is 3.31. The molecule has 0 amide bonds.